The number of hydrogen-bond donors (Lipinski definition) is 0. The van der Waals surface area contributed by atoms with Crippen molar-refractivity contribution in [1.29, 1.82) is 5.26 Å². The fraction of sp³-hybridized carbons (Fsp3) is 0.333. The molecule has 0 aliphatic heterocycles. The molecule has 1 unspecified atom stereocenters. The summed E-state index contributed by atoms with van der Waals surface area (Å²) in [5.41, 5.74) is 0.287. The molecule has 4 heteroatoms. The van der Waals surface area contributed by atoms with Crippen LogP contribution in [0.15, 0.2) is 18.2 Å². The molecule has 1 atom stereocenters. The van der Waals surface area contributed by atoms with Crippen LogP contribution in [0.1, 0.15) is 30.6 Å². The van der Waals surface area contributed by atoms with Crippen molar-refractivity contribution >= 4 is 5.78 Å². The van der Waals surface area contributed by atoms with Gasteiger partial charge in [-0.2, -0.15) is 5.26 Å². The Balaban J connectivity index is 3.06. The van der Waals surface area contributed by atoms with E-state index in [9.17, 15) is 9.18 Å². The number of benzene rings is 1. The lowest BCUT2D eigenvalue weighted by Gasteiger charge is -2.12. The average Bonchev–Trinajstić information content (AvgIpc) is 2.25. The first kappa shape index (κ1) is 12.2. The molecular formula is C12H12FNO2. The Kier molecular flexibility index (Phi) is 4.01. The number of nitriles is 1. The molecule has 0 aromatic heterocycles. The summed E-state index contributed by atoms with van der Waals surface area (Å²) in [5, 5.41) is 8.73. The molecule has 1 aromatic carbocycles. The van der Waals surface area contributed by atoms with Crippen molar-refractivity contribution in [2.45, 2.75) is 26.4 Å². The van der Waals surface area contributed by atoms with Crippen LogP contribution < -0.4 is 4.74 Å². The lowest BCUT2D eigenvalue weighted by molar-refractivity contribution is 0.101. The SMILES string of the molecule is CCC(C#N)Oc1cc(F)ccc1C(C)=O. The normalized spacial score (nSPS) is 11.6. The van der Waals surface area contributed by atoms with Gasteiger partial charge in [0.05, 0.1) is 5.56 Å². The van der Waals surface area contributed by atoms with E-state index in [0.717, 1.165) is 6.07 Å². The molecule has 0 N–H and O–H groups in total. The summed E-state index contributed by atoms with van der Waals surface area (Å²) >= 11 is 0. The fourth-order valence-electron chi connectivity index (χ4n) is 1.24. The van der Waals surface area contributed by atoms with Crippen LogP contribution in [0.4, 0.5) is 4.39 Å². The van der Waals surface area contributed by atoms with Gasteiger partial charge in [0.25, 0.3) is 0 Å². The molecule has 0 fully saturated rings. The van der Waals surface area contributed by atoms with Gasteiger partial charge in [0.1, 0.15) is 17.6 Å². The summed E-state index contributed by atoms with van der Waals surface area (Å²) in [5.74, 6) is -0.587. The van der Waals surface area contributed by atoms with E-state index in [2.05, 4.69) is 0 Å². The quantitative estimate of drug-likeness (QED) is 0.734. The number of ketones is 1. The standard InChI is InChI=1S/C12H12FNO2/c1-3-10(7-14)16-12-6-9(13)4-5-11(12)8(2)15/h4-6,10H,3H2,1-2H3. The molecule has 0 aliphatic rings. The van der Waals surface area contributed by atoms with E-state index in [0.29, 0.717) is 6.42 Å². The van der Waals surface area contributed by atoms with Gasteiger partial charge in [-0.15, -0.1) is 0 Å². The van der Waals surface area contributed by atoms with Gasteiger partial charge < -0.3 is 4.74 Å². The zero-order chi connectivity index (χ0) is 12.1. The summed E-state index contributed by atoms with van der Waals surface area (Å²) in [7, 11) is 0. The Bertz CT molecular complexity index is 437. The second kappa shape index (κ2) is 5.26. The van der Waals surface area contributed by atoms with Crippen molar-refractivity contribution in [3.63, 3.8) is 0 Å². The Morgan fingerprint density at radius 2 is 2.31 bits per heavy atom. The molecule has 0 heterocycles. The number of ether oxygens (including phenoxy) is 1. The van der Waals surface area contributed by atoms with Crippen LogP contribution in [0.3, 0.4) is 0 Å². The maximum absolute atomic E-state index is 13.0. The minimum absolute atomic E-state index is 0.126. The lowest BCUT2D eigenvalue weighted by atomic mass is 10.1. The van der Waals surface area contributed by atoms with Crippen molar-refractivity contribution in [1.82, 2.24) is 0 Å². The van der Waals surface area contributed by atoms with Gasteiger partial charge >= 0.3 is 0 Å². The summed E-state index contributed by atoms with van der Waals surface area (Å²) in [4.78, 5) is 11.3. The minimum Gasteiger partial charge on any atom is -0.475 e. The Labute approximate surface area is 93.5 Å². The Hall–Kier alpha value is -1.89. The van der Waals surface area contributed by atoms with Crippen LogP contribution in [0.25, 0.3) is 0 Å². The molecule has 3 nitrogen and oxygen atoms in total. The van der Waals surface area contributed by atoms with Crippen LogP contribution in [0, 0.1) is 17.1 Å². The van der Waals surface area contributed by atoms with Crippen LogP contribution in [-0.4, -0.2) is 11.9 Å². The zero-order valence-electron chi connectivity index (χ0n) is 9.16. The van der Waals surface area contributed by atoms with Crippen molar-refractivity contribution in [3.05, 3.63) is 29.6 Å². The molecule has 1 rings (SSSR count). The maximum Gasteiger partial charge on any atom is 0.184 e. The zero-order valence-corrected chi connectivity index (χ0v) is 9.16. The van der Waals surface area contributed by atoms with Gasteiger partial charge in [-0.3, -0.25) is 4.79 Å². The van der Waals surface area contributed by atoms with Crippen LogP contribution in [0.5, 0.6) is 5.75 Å². The van der Waals surface area contributed by atoms with Crippen molar-refractivity contribution < 1.29 is 13.9 Å². The van der Waals surface area contributed by atoms with Gasteiger partial charge in [0.15, 0.2) is 11.9 Å². The summed E-state index contributed by atoms with van der Waals surface area (Å²) in [6.45, 7) is 3.15. The number of carbonyl (C=O) groups is 1. The number of rotatable bonds is 4. The number of hydrogen-bond acceptors (Lipinski definition) is 3. The van der Waals surface area contributed by atoms with E-state index in [4.69, 9.17) is 10.00 Å². The van der Waals surface area contributed by atoms with Gasteiger partial charge in [-0.25, -0.2) is 4.39 Å². The van der Waals surface area contributed by atoms with Crippen LogP contribution in [-0.2, 0) is 0 Å². The molecule has 0 saturated heterocycles. The van der Waals surface area contributed by atoms with E-state index in [1.165, 1.54) is 19.1 Å². The third kappa shape index (κ3) is 2.80. The van der Waals surface area contributed by atoms with Gasteiger partial charge in [-0.1, -0.05) is 6.92 Å². The second-order valence-corrected chi connectivity index (χ2v) is 3.34. The molecule has 0 bridgehead atoms. The highest BCUT2D eigenvalue weighted by Crippen LogP contribution is 2.22. The Morgan fingerprint density at radius 1 is 1.62 bits per heavy atom. The predicted octanol–water partition coefficient (Wildman–Crippen LogP) is 2.71. The second-order valence-electron chi connectivity index (χ2n) is 3.34. The molecule has 16 heavy (non-hydrogen) atoms. The summed E-state index contributed by atoms with van der Waals surface area (Å²) in [6.07, 6.45) is -0.190. The first-order chi connectivity index (χ1) is 7.58. The largest absolute Gasteiger partial charge is 0.475 e. The van der Waals surface area contributed by atoms with E-state index in [1.807, 2.05) is 6.07 Å². The number of nitrogens with zero attached hydrogens (tertiary/aromatic N) is 1. The molecule has 0 saturated carbocycles. The first-order valence-electron chi connectivity index (χ1n) is 4.95. The van der Waals surface area contributed by atoms with Crippen LogP contribution in [0.2, 0.25) is 0 Å². The maximum atomic E-state index is 13.0. The topological polar surface area (TPSA) is 50.1 Å². The highest BCUT2D eigenvalue weighted by Gasteiger charge is 2.13. The molecule has 1 aromatic rings. The van der Waals surface area contributed by atoms with Gasteiger partial charge in [-0.05, 0) is 25.5 Å². The molecule has 0 amide bonds. The molecule has 0 spiro atoms. The van der Waals surface area contributed by atoms with E-state index < -0.39 is 11.9 Å². The minimum atomic E-state index is -0.667. The predicted molar refractivity (Wildman–Crippen MR) is 56.7 cm³/mol. The van der Waals surface area contributed by atoms with Crippen molar-refractivity contribution in [2.75, 3.05) is 0 Å². The van der Waals surface area contributed by atoms with Crippen LogP contribution >= 0.6 is 0 Å². The fourth-order valence-corrected chi connectivity index (χ4v) is 1.24. The highest BCUT2D eigenvalue weighted by atomic mass is 19.1. The number of Topliss-reactive ketones (excluding diaryl/α,β-unsaturated/α-hetero) is 1. The van der Waals surface area contributed by atoms with E-state index >= 15 is 0 Å². The van der Waals surface area contributed by atoms with E-state index in [-0.39, 0.29) is 17.1 Å². The van der Waals surface area contributed by atoms with Gasteiger partial charge in [0, 0.05) is 6.07 Å². The molecule has 84 valence electrons. The summed E-state index contributed by atoms with van der Waals surface area (Å²) in [6, 6.07) is 5.60. The molecule has 0 radical (unpaired) electrons. The monoisotopic (exact) mass is 221 g/mol. The third-order valence-electron chi connectivity index (χ3n) is 2.11. The third-order valence-corrected chi connectivity index (χ3v) is 2.11. The van der Waals surface area contributed by atoms with Crippen molar-refractivity contribution in [3.8, 4) is 11.8 Å². The average molecular weight is 221 g/mol. The first-order valence-corrected chi connectivity index (χ1v) is 4.95. The Morgan fingerprint density at radius 3 is 2.81 bits per heavy atom. The van der Waals surface area contributed by atoms with E-state index in [1.54, 1.807) is 6.92 Å². The number of halogens is 1. The highest BCUT2D eigenvalue weighted by molar-refractivity contribution is 5.96. The molecule has 0 aliphatic carbocycles. The van der Waals surface area contributed by atoms with Crippen molar-refractivity contribution in [2.24, 2.45) is 0 Å². The smallest absolute Gasteiger partial charge is 0.184 e. The lowest BCUT2D eigenvalue weighted by Crippen LogP contribution is -2.14. The summed E-state index contributed by atoms with van der Waals surface area (Å²) < 4.78 is 18.3. The molecular weight excluding hydrogens is 209 g/mol. The van der Waals surface area contributed by atoms with Gasteiger partial charge in [0.2, 0.25) is 0 Å². The number of carbonyl (C=O) groups excluding carboxylic acids is 1.